The standard InChI is InChI=1S/C20H17Cl2NO6/c21-13-2-1-11(16(22)6-13)9-28-14-3-4-15-12(10-29-18(15)7-14)5-19(25)23-17(8-24)20(26)27/h1-4,6-7,10,17,24H,5,8-9H2,(H,23,25)(H,26,27). The van der Waals surface area contributed by atoms with E-state index in [4.69, 9.17) is 42.6 Å². The minimum atomic E-state index is -1.35. The molecule has 0 fully saturated rings. The Labute approximate surface area is 175 Å². The van der Waals surface area contributed by atoms with Gasteiger partial charge in [0.15, 0.2) is 0 Å². The van der Waals surface area contributed by atoms with Crippen molar-refractivity contribution < 1.29 is 29.0 Å². The van der Waals surface area contributed by atoms with Gasteiger partial charge in [0.25, 0.3) is 0 Å². The van der Waals surface area contributed by atoms with Crippen LogP contribution in [0.15, 0.2) is 47.1 Å². The third-order valence-corrected chi connectivity index (χ3v) is 4.79. The highest BCUT2D eigenvalue weighted by Gasteiger charge is 2.20. The molecule has 1 unspecified atom stereocenters. The molecule has 0 aliphatic heterocycles. The summed E-state index contributed by atoms with van der Waals surface area (Å²) in [5.74, 6) is -1.28. The second kappa shape index (κ2) is 9.17. The number of hydrogen-bond donors (Lipinski definition) is 3. The fourth-order valence-electron chi connectivity index (χ4n) is 2.69. The van der Waals surface area contributed by atoms with Crippen LogP contribution in [-0.2, 0) is 22.6 Å². The molecule has 29 heavy (non-hydrogen) atoms. The molecule has 0 saturated carbocycles. The Morgan fingerprint density at radius 3 is 2.62 bits per heavy atom. The van der Waals surface area contributed by atoms with Gasteiger partial charge in [-0.1, -0.05) is 29.3 Å². The first-order chi connectivity index (χ1) is 13.9. The molecule has 9 heteroatoms. The lowest BCUT2D eigenvalue weighted by Crippen LogP contribution is -2.43. The summed E-state index contributed by atoms with van der Waals surface area (Å²) < 4.78 is 11.2. The lowest BCUT2D eigenvalue weighted by Gasteiger charge is -2.11. The summed E-state index contributed by atoms with van der Waals surface area (Å²) in [6, 6.07) is 8.97. The second-order valence-corrected chi connectivity index (χ2v) is 7.10. The van der Waals surface area contributed by atoms with Crippen molar-refractivity contribution in [2.24, 2.45) is 0 Å². The average molecular weight is 438 g/mol. The second-order valence-electron chi connectivity index (χ2n) is 6.26. The normalized spacial score (nSPS) is 12.0. The number of aliphatic carboxylic acids is 1. The van der Waals surface area contributed by atoms with Crippen LogP contribution in [0, 0.1) is 0 Å². The molecule has 3 aromatic rings. The van der Waals surface area contributed by atoms with Crippen molar-refractivity contribution in [3.63, 3.8) is 0 Å². The molecule has 0 bridgehead atoms. The van der Waals surface area contributed by atoms with Crippen molar-refractivity contribution in [2.45, 2.75) is 19.1 Å². The largest absolute Gasteiger partial charge is 0.489 e. The molecule has 1 heterocycles. The molecular formula is C20H17Cl2NO6. The number of carbonyl (C=O) groups is 2. The van der Waals surface area contributed by atoms with E-state index < -0.39 is 24.5 Å². The number of benzene rings is 2. The van der Waals surface area contributed by atoms with Crippen LogP contribution < -0.4 is 10.1 Å². The number of halogens is 2. The van der Waals surface area contributed by atoms with E-state index in [0.29, 0.717) is 32.3 Å². The number of nitrogens with one attached hydrogen (secondary N) is 1. The van der Waals surface area contributed by atoms with E-state index in [1.807, 2.05) is 0 Å². The van der Waals surface area contributed by atoms with E-state index in [-0.39, 0.29) is 13.0 Å². The number of fused-ring (bicyclic) bond motifs is 1. The molecule has 1 amide bonds. The van der Waals surface area contributed by atoms with Gasteiger partial charge in [-0.2, -0.15) is 0 Å². The average Bonchev–Trinajstić information content (AvgIpc) is 3.07. The fraction of sp³-hybridized carbons (Fsp3) is 0.200. The van der Waals surface area contributed by atoms with E-state index >= 15 is 0 Å². The summed E-state index contributed by atoms with van der Waals surface area (Å²) >= 11 is 12.0. The zero-order valence-corrected chi connectivity index (χ0v) is 16.5. The molecule has 3 N–H and O–H groups in total. The molecule has 1 aromatic heterocycles. The van der Waals surface area contributed by atoms with Crippen molar-refractivity contribution in [3.05, 3.63) is 63.8 Å². The zero-order chi connectivity index (χ0) is 21.0. The van der Waals surface area contributed by atoms with Crippen molar-refractivity contribution in [1.29, 1.82) is 0 Å². The van der Waals surface area contributed by atoms with E-state index in [1.165, 1.54) is 6.26 Å². The number of rotatable bonds is 8. The quantitative estimate of drug-likeness (QED) is 0.497. The van der Waals surface area contributed by atoms with Gasteiger partial charge in [-0.15, -0.1) is 0 Å². The maximum absolute atomic E-state index is 12.0. The van der Waals surface area contributed by atoms with Crippen LogP contribution in [0.25, 0.3) is 11.0 Å². The van der Waals surface area contributed by atoms with E-state index in [2.05, 4.69) is 5.32 Å². The number of amides is 1. The summed E-state index contributed by atoms with van der Waals surface area (Å²) in [6.07, 6.45) is 1.34. The van der Waals surface area contributed by atoms with Gasteiger partial charge in [-0.05, 0) is 24.3 Å². The summed E-state index contributed by atoms with van der Waals surface area (Å²) in [4.78, 5) is 22.9. The van der Waals surface area contributed by atoms with Gasteiger partial charge in [0.05, 0.1) is 19.3 Å². The van der Waals surface area contributed by atoms with Crippen LogP contribution in [0.3, 0.4) is 0 Å². The highest BCUT2D eigenvalue weighted by atomic mass is 35.5. The number of aliphatic hydroxyl groups is 1. The Bertz CT molecular complexity index is 1050. The topological polar surface area (TPSA) is 109 Å². The monoisotopic (exact) mass is 437 g/mol. The maximum Gasteiger partial charge on any atom is 0.328 e. The Hall–Kier alpha value is -2.74. The zero-order valence-electron chi connectivity index (χ0n) is 15.0. The van der Waals surface area contributed by atoms with Gasteiger partial charge in [0.1, 0.15) is 24.0 Å². The van der Waals surface area contributed by atoms with E-state index in [1.54, 1.807) is 36.4 Å². The number of aliphatic hydroxyl groups excluding tert-OH is 1. The first-order valence-corrected chi connectivity index (χ1v) is 9.33. The molecule has 152 valence electrons. The van der Waals surface area contributed by atoms with Gasteiger partial charge in [0, 0.05) is 32.6 Å². The van der Waals surface area contributed by atoms with Crippen LogP contribution in [0.5, 0.6) is 5.75 Å². The SMILES string of the molecule is O=C(Cc1coc2cc(OCc3ccc(Cl)cc3Cl)ccc12)NC(CO)C(=O)O. The first kappa shape index (κ1) is 21.0. The number of furan rings is 1. The summed E-state index contributed by atoms with van der Waals surface area (Å²) in [5, 5.41) is 21.9. The Morgan fingerprint density at radius 2 is 1.93 bits per heavy atom. The molecular weight excluding hydrogens is 421 g/mol. The number of carbonyl (C=O) groups excluding carboxylic acids is 1. The van der Waals surface area contributed by atoms with Gasteiger partial charge < -0.3 is 24.7 Å². The molecule has 0 saturated heterocycles. The van der Waals surface area contributed by atoms with Crippen molar-refractivity contribution in [1.82, 2.24) is 5.32 Å². The van der Waals surface area contributed by atoms with Gasteiger partial charge in [0.2, 0.25) is 5.91 Å². The van der Waals surface area contributed by atoms with Crippen molar-refractivity contribution in [3.8, 4) is 5.75 Å². The van der Waals surface area contributed by atoms with Crippen LogP contribution >= 0.6 is 23.2 Å². The van der Waals surface area contributed by atoms with Gasteiger partial charge >= 0.3 is 5.97 Å². The van der Waals surface area contributed by atoms with E-state index in [0.717, 1.165) is 5.56 Å². The van der Waals surface area contributed by atoms with Crippen LogP contribution in [0.1, 0.15) is 11.1 Å². The Balaban J connectivity index is 1.67. The number of carboxylic acid groups (broad SMARTS) is 1. The number of hydrogen-bond acceptors (Lipinski definition) is 5. The number of carboxylic acids is 1. The van der Waals surface area contributed by atoms with E-state index in [9.17, 15) is 9.59 Å². The highest BCUT2D eigenvalue weighted by Crippen LogP contribution is 2.28. The third kappa shape index (κ3) is 5.20. The minimum absolute atomic E-state index is 0.0859. The Kier molecular flexibility index (Phi) is 6.64. The Morgan fingerprint density at radius 1 is 1.14 bits per heavy atom. The van der Waals surface area contributed by atoms with Crippen LogP contribution in [0.2, 0.25) is 10.0 Å². The highest BCUT2D eigenvalue weighted by molar-refractivity contribution is 6.35. The minimum Gasteiger partial charge on any atom is -0.489 e. The molecule has 0 aliphatic rings. The predicted octanol–water partition coefficient (Wildman–Crippen LogP) is 3.42. The van der Waals surface area contributed by atoms with Crippen LogP contribution in [0.4, 0.5) is 0 Å². The molecule has 0 aliphatic carbocycles. The molecule has 7 nitrogen and oxygen atoms in total. The lowest BCUT2D eigenvalue weighted by atomic mass is 10.1. The number of ether oxygens (including phenoxy) is 1. The summed E-state index contributed by atoms with van der Waals surface area (Å²) in [6.45, 7) is -0.444. The smallest absolute Gasteiger partial charge is 0.328 e. The molecule has 0 spiro atoms. The summed E-state index contributed by atoms with van der Waals surface area (Å²) in [7, 11) is 0. The molecule has 3 rings (SSSR count). The van der Waals surface area contributed by atoms with Crippen molar-refractivity contribution >= 4 is 46.0 Å². The molecule has 0 radical (unpaired) electrons. The lowest BCUT2D eigenvalue weighted by molar-refractivity contribution is -0.142. The maximum atomic E-state index is 12.0. The first-order valence-electron chi connectivity index (χ1n) is 8.57. The van der Waals surface area contributed by atoms with Gasteiger partial charge in [-0.25, -0.2) is 4.79 Å². The predicted molar refractivity (Wildman–Crippen MR) is 107 cm³/mol. The van der Waals surface area contributed by atoms with Crippen molar-refractivity contribution in [2.75, 3.05) is 6.61 Å². The van der Waals surface area contributed by atoms with Gasteiger partial charge in [-0.3, -0.25) is 4.79 Å². The molecule has 1 atom stereocenters. The van der Waals surface area contributed by atoms with Crippen LogP contribution in [-0.4, -0.2) is 34.7 Å². The third-order valence-electron chi connectivity index (χ3n) is 4.20. The molecule has 2 aromatic carbocycles. The fourth-order valence-corrected chi connectivity index (χ4v) is 3.16. The summed E-state index contributed by atoms with van der Waals surface area (Å²) in [5.41, 5.74) is 1.89.